The Hall–Kier alpha value is -0.243. The highest BCUT2D eigenvalue weighted by molar-refractivity contribution is 6.74. The van der Waals surface area contributed by atoms with Crippen molar-refractivity contribution >= 4 is 8.32 Å². The third-order valence-electron chi connectivity index (χ3n) is 12.6. The Morgan fingerprint density at radius 2 is 1.57 bits per heavy atom. The molecule has 6 rings (SSSR count). The minimum absolute atomic E-state index is 0.153. The summed E-state index contributed by atoms with van der Waals surface area (Å²) in [6.07, 6.45) is 10.7. The van der Waals surface area contributed by atoms with E-state index < -0.39 is 14.1 Å². The van der Waals surface area contributed by atoms with Gasteiger partial charge in [0.2, 0.25) is 0 Å². The molecule has 6 unspecified atom stereocenters. The molecule has 37 heavy (non-hydrogen) atoms. The van der Waals surface area contributed by atoms with E-state index in [2.05, 4.69) is 60.7 Å². The van der Waals surface area contributed by atoms with Crippen LogP contribution in [0.1, 0.15) is 86.5 Å². The van der Waals surface area contributed by atoms with Crippen molar-refractivity contribution in [3.8, 4) is 0 Å². The summed E-state index contributed by atoms with van der Waals surface area (Å²) in [5, 5.41) is 0.190. The van der Waals surface area contributed by atoms with E-state index in [1.807, 2.05) is 0 Å². The highest BCUT2D eigenvalue weighted by atomic mass is 28.4. The van der Waals surface area contributed by atoms with Crippen LogP contribution in [0.4, 0.5) is 0 Å². The SMILES string of the molecule is CC1(C2CCC3C4CC=C5CC6(CCC5(C)C4[C@H](O[Si](C)(C)C(C)(C)C)CC32C)OCCO6)OCCO1. The monoisotopic (exact) mass is 532 g/mol. The molecule has 0 N–H and O–H groups in total. The fraction of sp³-hybridized carbons (Fsp3) is 0.935. The van der Waals surface area contributed by atoms with Gasteiger partial charge >= 0.3 is 0 Å². The largest absolute Gasteiger partial charge is 0.414 e. The minimum Gasteiger partial charge on any atom is -0.414 e. The number of hydrogen-bond donors (Lipinski definition) is 0. The van der Waals surface area contributed by atoms with E-state index in [4.69, 9.17) is 23.4 Å². The molecule has 3 saturated carbocycles. The van der Waals surface area contributed by atoms with Gasteiger partial charge in [0.05, 0.1) is 26.4 Å². The Morgan fingerprint density at radius 3 is 2.22 bits per heavy atom. The van der Waals surface area contributed by atoms with Crippen molar-refractivity contribution in [2.45, 2.75) is 122 Å². The van der Waals surface area contributed by atoms with Crippen LogP contribution in [0.3, 0.4) is 0 Å². The van der Waals surface area contributed by atoms with Crippen LogP contribution in [0.2, 0.25) is 18.1 Å². The number of rotatable bonds is 3. The van der Waals surface area contributed by atoms with Gasteiger partial charge in [0.15, 0.2) is 19.9 Å². The maximum atomic E-state index is 7.53. The lowest BCUT2D eigenvalue weighted by molar-refractivity contribution is -0.226. The van der Waals surface area contributed by atoms with Gasteiger partial charge < -0.3 is 23.4 Å². The molecule has 2 saturated heterocycles. The zero-order chi connectivity index (χ0) is 26.5. The summed E-state index contributed by atoms with van der Waals surface area (Å²) in [4.78, 5) is 0. The molecule has 0 amide bonds. The third-order valence-corrected chi connectivity index (χ3v) is 17.1. The molecule has 4 aliphatic carbocycles. The maximum absolute atomic E-state index is 7.53. The highest BCUT2D eigenvalue weighted by Crippen LogP contribution is 2.69. The fourth-order valence-corrected chi connectivity index (χ4v) is 11.0. The first-order valence-corrected chi connectivity index (χ1v) is 18.1. The van der Waals surface area contributed by atoms with E-state index in [0.29, 0.717) is 23.7 Å². The summed E-state index contributed by atoms with van der Waals surface area (Å²) >= 11 is 0. The molecule has 7 atom stereocenters. The molecule has 1 spiro atoms. The van der Waals surface area contributed by atoms with Gasteiger partial charge in [-0.05, 0) is 85.7 Å². The summed E-state index contributed by atoms with van der Waals surface area (Å²) in [5.74, 6) is 1.49. The molecule has 6 aliphatic rings. The summed E-state index contributed by atoms with van der Waals surface area (Å²) in [5.41, 5.74) is 1.90. The van der Waals surface area contributed by atoms with Crippen LogP contribution in [0.15, 0.2) is 11.6 Å². The van der Waals surface area contributed by atoms with Crippen molar-refractivity contribution in [3.05, 3.63) is 11.6 Å². The lowest BCUT2D eigenvalue weighted by atomic mass is 9.46. The third kappa shape index (κ3) is 4.01. The van der Waals surface area contributed by atoms with Crippen molar-refractivity contribution in [2.24, 2.45) is 34.5 Å². The average molecular weight is 533 g/mol. The molecule has 0 aromatic rings. The van der Waals surface area contributed by atoms with Gasteiger partial charge in [-0.3, -0.25) is 0 Å². The van der Waals surface area contributed by atoms with Crippen LogP contribution in [0.25, 0.3) is 0 Å². The van der Waals surface area contributed by atoms with Crippen LogP contribution in [0.5, 0.6) is 0 Å². The summed E-state index contributed by atoms with van der Waals surface area (Å²) in [6.45, 7) is 22.3. The number of allylic oxidation sites excluding steroid dienone is 1. The minimum atomic E-state index is -1.97. The van der Waals surface area contributed by atoms with E-state index in [0.717, 1.165) is 58.5 Å². The highest BCUT2D eigenvalue weighted by Gasteiger charge is 2.67. The molecule has 2 heterocycles. The molecule has 0 aromatic carbocycles. The quantitative estimate of drug-likeness (QED) is 0.287. The summed E-state index contributed by atoms with van der Waals surface area (Å²) in [7, 11) is -1.97. The second-order valence-electron chi connectivity index (χ2n) is 15.4. The predicted molar refractivity (Wildman–Crippen MR) is 148 cm³/mol. The first-order chi connectivity index (χ1) is 17.2. The van der Waals surface area contributed by atoms with Gasteiger partial charge in [-0.15, -0.1) is 0 Å². The molecular weight excluding hydrogens is 480 g/mol. The smallest absolute Gasteiger partial charge is 0.192 e. The van der Waals surface area contributed by atoms with Gasteiger partial charge in [-0.2, -0.15) is 0 Å². The average Bonchev–Trinajstić information content (AvgIpc) is 3.52. The van der Waals surface area contributed by atoms with E-state index in [-0.39, 0.29) is 27.8 Å². The standard InChI is InChI=1S/C31H52O5Si/c1-27(2,3)37(7,8)36-24-20-29(5)23(11-12-25(29)30(6)32-15-16-33-30)22-10-9-21-19-31(34-17-18-35-31)14-13-28(21,4)26(22)24/h9,22-26H,10-20H2,1-8H3/t22?,23?,24-,25?,26?,28?,29?/m1/s1. The summed E-state index contributed by atoms with van der Waals surface area (Å²) in [6, 6.07) is 0. The lowest BCUT2D eigenvalue weighted by Crippen LogP contribution is -2.61. The van der Waals surface area contributed by atoms with Crippen molar-refractivity contribution < 1.29 is 23.4 Å². The zero-order valence-electron chi connectivity index (χ0n) is 24.8. The molecule has 0 aromatic heterocycles. The predicted octanol–water partition coefficient (Wildman–Crippen LogP) is 7.07. The molecule has 5 fully saturated rings. The van der Waals surface area contributed by atoms with Crippen LogP contribution in [-0.2, 0) is 23.4 Å². The summed E-state index contributed by atoms with van der Waals surface area (Å²) < 4.78 is 32.6. The first kappa shape index (κ1) is 27.0. The van der Waals surface area contributed by atoms with Gasteiger partial charge in [-0.25, -0.2) is 0 Å². The Balaban J connectivity index is 1.39. The van der Waals surface area contributed by atoms with Gasteiger partial charge in [0.25, 0.3) is 0 Å². The Labute approximate surface area is 226 Å². The van der Waals surface area contributed by atoms with E-state index >= 15 is 0 Å². The van der Waals surface area contributed by atoms with Crippen molar-refractivity contribution in [2.75, 3.05) is 26.4 Å². The molecule has 2 aliphatic heterocycles. The molecular formula is C31H52O5Si. The molecule has 0 radical (unpaired) electrons. The second-order valence-corrected chi connectivity index (χ2v) is 20.2. The first-order valence-electron chi connectivity index (χ1n) is 15.2. The number of fused-ring (bicyclic) bond motifs is 5. The topological polar surface area (TPSA) is 46.2 Å². The van der Waals surface area contributed by atoms with E-state index in [1.165, 1.54) is 12.8 Å². The Kier molecular flexibility index (Phi) is 6.28. The normalized spacial score (nSPS) is 44.9. The number of hydrogen-bond acceptors (Lipinski definition) is 5. The second kappa shape index (κ2) is 8.63. The number of ether oxygens (including phenoxy) is 4. The Bertz CT molecular complexity index is 926. The van der Waals surface area contributed by atoms with E-state index in [9.17, 15) is 0 Å². The van der Waals surface area contributed by atoms with E-state index in [1.54, 1.807) is 5.57 Å². The van der Waals surface area contributed by atoms with Gasteiger partial charge in [-0.1, -0.05) is 46.3 Å². The van der Waals surface area contributed by atoms with Crippen LogP contribution in [-0.4, -0.2) is 52.4 Å². The Morgan fingerprint density at radius 1 is 0.919 bits per heavy atom. The zero-order valence-corrected chi connectivity index (χ0v) is 25.8. The van der Waals surface area contributed by atoms with Crippen LogP contribution < -0.4 is 0 Å². The van der Waals surface area contributed by atoms with Gasteiger partial charge in [0.1, 0.15) is 0 Å². The van der Waals surface area contributed by atoms with Crippen LogP contribution in [0, 0.1) is 34.5 Å². The van der Waals surface area contributed by atoms with Crippen molar-refractivity contribution in [1.82, 2.24) is 0 Å². The maximum Gasteiger partial charge on any atom is 0.192 e. The molecule has 0 bridgehead atoms. The lowest BCUT2D eigenvalue weighted by Gasteiger charge is -2.63. The molecule has 5 nitrogen and oxygen atoms in total. The van der Waals surface area contributed by atoms with Gasteiger partial charge in [0, 0.05) is 24.9 Å². The molecule has 6 heteroatoms. The van der Waals surface area contributed by atoms with Crippen molar-refractivity contribution in [1.29, 1.82) is 0 Å². The fourth-order valence-electron chi connectivity index (χ4n) is 9.70. The van der Waals surface area contributed by atoms with Crippen LogP contribution >= 0.6 is 0 Å². The molecule has 210 valence electrons. The van der Waals surface area contributed by atoms with Crippen molar-refractivity contribution in [3.63, 3.8) is 0 Å².